The van der Waals surface area contributed by atoms with Gasteiger partial charge in [0.15, 0.2) is 0 Å². The number of hydrogen-bond donors (Lipinski definition) is 2. The minimum absolute atomic E-state index is 0.378. The van der Waals surface area contributed by atoms with Crippen molar-refractivity contribution in [1.82, 2.24) is 9.97 Å². The number of ether oxygens (including phenoxy) is 1. The molecule has 1 aliphatic rings. The van der Waals surface area contributed by atoms with Crippen LogP contribution in [0.4, 0.5) is 5.82 Å². The molecule has 3 N–H and O–H groups in total. The number of nitrogens with two attached hydrogens (primary N) is 1. The van der Waals surface area contributed by atoms with Crippen LogP contribution in [0, 0.1) is 12.8 Å². The molecule has 0 bridgehead atoms. The highest BCUT2D eigenvalue weighted by Gasteiger charge is 2.21. The molecule has 1 saturated carbocycles. The molecule has 0 saturated heterocycles. The summed E-state index contributed by atoms with van der Waals surface area (Å²) in [5, 5.41) is 3.34. The molecule has 5 nitrogen and oxygen atoms in total. The third-order valence-electron chi connectivity index (χ3n) is 3.18. The predicted molar refractivity (Wildman–Crippen MR) is 67.1 cm³/mol. The fourth-order valence-corrected chi connectivity index (χ4v) is 2.28. The Morgan fingerprint density at radius 3 is 2.94 bits per heavy atom. The predicted octanol–water partition coefficient (Wildman–Crippen LogP) is 1.33. The van der Waals surface area contributed by atoms with Gasteiger partial charge < -0.3 is 15.8 Å². The average molecular weight is 236 g/mol. The SMILES string of the molecule is COc1cc(NCC2CCC(N)C2)nc(C)n1. The summed E-state index contributed by atoms with van der Waals surface area (Å²) in [5.41, 5.74) is 5.89. The van der Waals surface area contributed by atoms with E-state index in [2.05, 4.69) is 15.3 Å². The van der Waals surface area contributed by atoms with E-state index in [1.165, 1.54) is 6.42 Å². The number of hydrogen-bond acceptors (Lipinski definition) is 5. The highest BCUT2D eigenvalue weighted by Crippen LogP contribution is 2.24. The molecular formula is C12H20N4O. The summed E-state index contributed by atoms with van der Waals surface area (Å²) in [6, 6.07) is 2.20. The van der Waals surface area contributed by atoms with Gasteiger partial charge in [0.2, 0.25) is 5.88 Å². The Balaban J connectivity index is 1.92. The van der Waals surface area contributed by atoms with Crippen LogP contribution in [0.5, 0.6) is 5.88 Å². The van der Waals surface area contributed by atoms with Gasteiger partial charge in [-0.25, -0.2) is 4.98 Å². The molecule has 1 aliphatic carbocycles. The molecule has 2 atom stereocenters. The Bertz CT molecular complexity index is 383. The van der Waals surface area contributed by atoms with Crippen molar-refractivity contribution in [2.45, 2.75) is 32.2 Å². The lowest BCUT2D eigenvalue weighted by Crippen LogP contribution is -2.18. The Morgan fingerprint density at radius 2 is 2.29 bits per heavy atom. The van der Waals surface area contributed by atoms with Crippen LogP contribution >= 0.6 is 0 Å². The first-order valence-corrected chi connectivity index (χ1v) is 6.06. The van der Waals surface area contributed by atoms with E-state index in [4.69, 9.17) is 10.5 Å². The quantitative estimate of drug-likeness (QED) is 0.825. The van der Waals surface area contributed by atoms with Gasteiger partial charge in [-0.2, -0.15) is 4.98 Å². The molecule has 0 amide bonds. The van der Waals surface area contributed by atoms with Gasteiger partial charge in [-0.15, -0.1) is 0 Å². The lowest BCUT2D eigenvalue weighted by molar-refractivity contribution is 0.396. The largest absolute Gasteiger partial charge is 0.481 e. The van der Waals surface area contributed by atoms with Crippen LogP contribution in [0.15, 0.2) is 6.07 Å². The summed E-state index contributed by atoms with van der Waals surface area (Å²) in [5.74, 6) is 2.80. The van der Waals surface area contributed by atoms with Gasteiger partial charge in [0.25, 0.3) is 0 Å². The van der Waals surface area contributed by atoms with E-state index < -0.39 is 0 Å². The average Bonchev–Trinajstić information content (AvgIpc) is 2.72. The van der Waals surface area contributed by atoms with E-state index in [-0.39, 0.29) is 0 Å². The van der Waals surface area contributed by atoms with Crippen molar-refractivity contribution < 1.29 is 4.74 Å². The van der Waals surface area contributed by atoms with Crippen molar-refractivity contribution in [2.75, 3.05) is 19.0 Å². The van der Waals surface area contributed by atoms with Gasteiger partial charge in [-0.05, 0) is 32.1 Å². The third-order valence-corrected chi connectivity index (χ3v) is 3.18. The molecule has 1 heterocycles. The maximum atomic E-state index is 5.89. The summed E-state index contributed by atoms with van der Waals surface area (Å²) in [7, 11) is 1.61. The Kier molecular flexibility index (Phi) is 3.78. The highest BCUT2D eigenvalue weighted by molar-refractivity contribution is 5.38. The standard InChI is InChI=1S/C12H20N4O/c1-8-15-11(6-12(16-8)17-2)14-7-9-3-4-10(13)5-9/h6,9-10H,3-5,7,13H2,1-2H3,(H,14,15,16). The topological polar surface area (TPSA) is 73.1 Å². The smallest absolute Gasteiger partial charge is 0.218 e. The second-order valence-corrected chi connectivity index (χ2v) is 4.66. The van der Waals surface area contributed by atoms with Crippen LogP contribution < -0.4 is 15.8 Å². The number of anilines is 1. The van der Waals surface area contributed by atoms with E-state index in [0.29, 0.717) is 17.8 Å². The van der Waals surface area contributed by atoms with Crippen LogP contribution in [0.3, 0.4) is 0 Å². The van der Waals surface area contributed by atoms with Gasteiger partial charge in [0, 0.05) is 18.7 Å². The zero-order valence-electron chi connectivity index (χ0n) is 10.4. The molecular weight excluding hydrogens is 216 g/mol. The molecule has 1 aromatic heterocycles. The molecule has 2 unspecified atom stereocenters. The van der Waals surface area contributed by atoms with E-state index >= 15 is 0 Å². The number of nitrogens with one attached hydrogen (secondary N) is 1. The second kappa shape index (κ2) is 5.31. The highest BCUT2D eigenvalue weighted by atomic mass is 16.5. The van der Waals surface area contributed by atoms with Crippen LogP contribution in [-0.2, 0) is 0 Å². The van der Waals surface area contributed by atoms with Crippen molar-refractivity contribution in [2.24, 2.45) is 11.7 Å². The number of aryl methyl sites for hydroxylation is 1. The first kappa shape index (κ1) is 12.1. The van der Waals surface area contributed by atoms with Crippen LogP contribution in [-0.4, -0.2) is 29.7 Å². The fraction of sp³-hybridized carbons (Fsp3) is 0.667. The lowest BCUT2D eigenvalue weighted by atomic mass is 10.1. The molecule has 1 aromatic rings. The van der Waals surface area contributed by atoms with E-state index in [9.17, 15) is 0 Å². The van der Waals surface area contributed by atoms with E-state index in [1.54, 1.807) is 7.11 Å². The van der Waals surface area contributed by atoms with Gasteiger partial charge in [-0.3, -0.25) is 0 Å². The zero-order chi connectivity index (χ0) is 12.3. The summed E-state index contributed by atoms with van der Waals surface area (Å²) in [6.45, 7) is 2.78. The third kappa shape index (κ3) is 3.30. The molecule has 0 spiro atoms. The molecule has 1 fully saturated rings. The van der Waals surface area contributed by atoms with Crippen molar-refractivity contribution in [3.63, 3.8) is 0 Å². The Morgan fingerprint density at radius 1 is 1.47 bits per heavy atom. The van der Waals surface area contributed by atoms with Crippen molar-refractivity contribution in [1.29, 1.82) is 0 Å². The molecule has 94 valence electrons. The summed E-state index contributed by atoms with van der Waals surface area (Å²) in [6.07, 6.45) is 3.45. The maximum absolute atomic E-state index is 5.89. The first-order valence-electron chi connectivity index (χ1n) is 6.06. The van der Waals surface area contributed by atoms with Crippen molar-refractivity contribution >= 4 is 5.82 Å². The fourth-order valence-electron chi connectivity index (χ4n) is 2.28. The molecule has 2 rings (SSSR count). The molecule has 17 heavy (non-hydrogen) atoms. The number of nitrogens with zero attached hydrogens (tertiary/aromatic N) is 2. The number of aromatic nitrogens is 2. The van der Waals surface area contributed by atoms with Crippen LogP contribution in [0.25, 0.3) is 0 Å². The Hall–Kier alpha value is -1.36. The molecule has 0 aliphatic heterocycles. The lowest BCUT2D eigenvalue weighted by Gasteiger charge is -2.12. The number of methoxy groups -OCH3 is 1. The van der Waals surface area contributed by atoms with Gasteiger partial charge in [-0.1, -0.05) is 0 Å². The van der Waals surface area contributed by atoms with Crippen LogP contribution in [0.2, 0.25) is 0 Å². The van der Waals surface area contributed by atoms with Gasteiger partial charge in [0.05, 0.1) is 7.11 Å². The van der Waals surface area contributed by atoms with Gasteiger partial charge >= 0.3 is 0 Å². The molecule has 5 heteroatoms. The molecule has 0 aromatic carbocycles. The van der Waals surface area contributed by atoms with Crippen LogP contribution in [0.1, 0.15) is 25.1 Å². The summed E-state index contributed by atoms with van der Waals surface area (Å²) >= 11 is 0. The van der Waals surface area contributed by atoms with E-state index in [0.717, 1.165) is 31.0 Å². The minimum Gasteiger partial charge on any atom is -0.481 e. The first-order chi connectivity index (χ1) is 8.17. The Labute approximate surface area is 102 Å². The van der Waals surface area contributed by atoms with Crippen molar-refractivity contribution in [3.05, 3.63) is 11.9 Å². The second-order valence-electron chi connectivity index (χ2n) is 4.66. The monoisotopic (exact) mass is 236 g/mol. The molecule has 0 radical (unpaired) electrons. The summed E-state index contributed by atoms with van der Waals surface area (Å²) in [4.78, 5) is 8.48. The zero-order valence-corrected chi connectivity index (χ0v) is 10.4. The van der Waals surface area contributed by atoms with Crippen molar-refractivity contribution in [3.8, 4) is 5.88 Å². The van der Waals surface area contributed by atoms with E-state index in [1.807, 2.05) is 13.0 Å². The maximum Gasteiger partial charge on any atom is 0.218 e. The summed E-state index contributed by atoms with van der Waals surface area (Å²) < 4.78 is 5.11. The minimum atomic E-state index is 0.378. The normalized spacial score (nSPS) is 23.7. The number of rotatable bonds is 4. The van der Waals surface area contributed by atoms with Gasteiger partial charge in [0.1, 0.15) is 11.6 Å².